The van der Waals surface area contributed by atoms with Crippen LogP contribution in [0.15, 0.2) is 84.7 Å². The summed E-state index contributed by atoms with van der Waals surface area (Å²) in [5, 5.41) is 0. The van der Waals surface area contributed by atoms with Gasteiger partial charge in [-0.15, -0.1) is 0 Å². The SMILES string of the molecule is COC(=O)c1ccccc1COc1ccc(CCCOC2=CC=CC(C)C=C2)cc1. The molecule has 0 fully saturated rings. The van der Waals surface area contributed by atoms with Crippen molar-refractivity contribution in [3.05, 3.63) is 101 Å². The zero-order valence-electron chi connectivity index (χ0n) is 17.5. The molecule has 0 amide bonds. The molecule has 1 aliphatic carbocycles. The molecule has 0 radical (unpaired) electrons. The van der Waals surface area contributed by atoms with E-state index in [1.54, 1.807) is 6.07 Å². The van der Waals surface area contributed by atoms with Crippen molar-refractivity contribution in [2.24, 2.45) is 5.92 Å². The van der Waals surface area contributed by atoms with Crippen LogP contribution in [-0.4, -0.2) is 19.7 Å². The summed E-state index contributed by atoms with van der Waals surface area (Å²) in [6.45, 7) is 3.14. The number of ether oxygens (including phenoxy) is 3. The molecule has 4 nitrogen and oxygen atoms in total. The van der Waals surface area contributed by atoms with E-state index >= 15 is 0 Å². The minimum atomic E-state index is -0.354. The molecule has 4 heteroatoms. The Balaban J connectivity index is 1.44. The zero-order valence-corrected chi connectivity index (χ0v) is 17.5. The van der Waals surface area contributed by atoms with Crippen LogP contribution in [0.1, 0.15) is 34.8 Å². The fourth-order valence-electron chi connectivity index (χ4n) is 3.12. The Morgan fingerprint density at radius 2 is 1.80 bits per heavy atom. The lowest BCUT2D eigenvalue weighted by molar-refractivity contribution is 0.0597. The van der Waals surface area contributed by atoms with Crippen LogP contribution in [0.25, 0.3) is 0 Å². The molecule has 2 aromatic rings. The molecule has 30 heavy (non-hydrogen) atoms. The maximum Gasteiger partial charge on any atom is 0.338 e. The van der Waals surface area contributed by atoms with Crippen LogP contribution in [0.2, 0.25) is 0 Å². The largest absolute Gasteiger partial charge is 0.494 e. The molecule has 156 valence electrons. The topological polar surface area (TPSA) is 44.8 Å². The van der Waals surface area contributed by atoms with Crippen LogP contribution < -0.4 is 4.74 Å². The number of hydrogen-bond donors (Lipinski definition) is 0. The molecule has 3 rings (SSSR count). The van der Waals surface area contributed by atoms with E-state index in [9.17, 15) is 4.79 Å². The first-order chi connectivity index (χ1) is 14.7. The molecule has 0 bridgehead atoms. The average molecular weight is 405 g/mol. The summed E-state index contributed by atoms with van der Waals surface area (Å²) in [6, 6.07) is 15.4. The van der Waals surface area contributed by atoms with Gasteiger partial charge in [0.2, 0.25) is 0 Å². The van der Waals surface area contributed by atoms with Crippen LogP contribution in [0, 0.1) is 5.92 Å². The van der Waals surface area contributed by atoms with Gasteiger partial charge in [0.05, 0.1) is 19.3 Å². The number of hydrogen-bond acceptors (Lipinski definition) is 4. The molecule has 0 aromatic heterocycles. The maximum absolute atomic E-state index is 11.8. The number of carbonyl (C=O) groups is 1. The van der Waals surface area contributed by atoms with Crippen molar-refractivity contribution in [1.29, 1.82) is 0 Å². The van der Waals surface area contributed by atoms with Crippen molar-refractivity contribution < 1.29 is 19.0 Å². The van der Waals surface area contributed by atoms with Crippen molar-refractivity contribution in [2.75, 3.05) is 13.7 Å². The first kappa shape index (κ1) is 21.4. The summed E-state index contributed by atoms with van der Waals surface area (Å²) in [7, 11) is 1.38. The smallest absolute Gasteiger partial charge is 0.338 e. The lowest BCUT2D eigenvalue weighted by Gasteiger charge is -2.10. The van der Waals surface area contributed by atoms with E-state index < -0.39 is 0 Å². The van der Waals surface area contributed by atoms with E-state index in [-0.39, 0.29) is 5.97 Å². The van der Waals surface area contributed by atoms with E-state index in [1.807, 2.05) is 48.6 Å². The monoisotopic (exact) mass is 404 g/mol. The second-order valence-corrected chi connectivity index (χ2v) is 7.21. The number of methoxy groups -OCH3 is 1. The molecular formula is C26H28O4. The number of aryl methyl sites for hydroxylation is 1. The normalized spacial score (nSPS) is 15.3. The fourth-order valence-corrected chi connectivity index (χ4v) is 3.12. The summed E-state index contributed by atoms with van der Waals surface area (Å²) in [6.07, 6.45) is 12.2. The van der Waals surface area contributed by atoms with Gasteiger partial charge in [0.1, 0.15) is 18.1 Å². The highest BCUT2D eigenvalue weighted by Gasteiger charge is 2.11. The van der Waals surface area contributed by atoms with Crippen LogP contribution in [0.3, 0.4) is 0 Å². The van der Waals surface area contributed by atoms with Crippen molar-refractivity contribution in [3.8, 4) is 5.75 Å². The van der Waals surface area contributed by atoms with Gasteiger partial charge in [-0.1, -0.05) is 55.5 Å². The van der Waals surface area contributed by atoms with E-state index in [0.717, 1.165) is 29.9 Å². The third kappa shape index (κ3) is 6.38. The Kier molecular flexibility index (Phi) is 7.90. The summed E-state index contributed by atoms with van der Waals surface area (Å²) in [4.78, 5) is 11.8. The van der Waals surface area contributed by atoms with Gasteiger partial charge in [-0.2, -0.15) is 0 Å². The summed E-state index contributed by atoms with van der Waals surface area (Å²) in [5.74, 6) is 1.76. The minimum Gasteiger partial charge on any atom is -0.494 e. The second-order valence-electron chi connectivity index (χ2n) is 7.21. The molecule has 2 aromatic carbocycles. The second kappa shape index (κ2) is 11.1. The first-order valence-electron chi connectivity index (χ1n) is 10.2. The number of allylic oxidation sites excluding steroid dienone is 5. The fraction of sp³-hybridized carbons (Fsp3) is 0.269. The van der Waals surface area contributed by atoms with Gasteiger partial charge < -0.3 is 14.2 Å². The Bertz CT molecular complexity index is 922. The highest BCUT2D eigenvalue weighted by molar-refractivity contribution is 5.90. The quantitative estimate of drug-likeness (QED) is 0.400. The Morgan fingerprint density at radius 3 is 2.60 bits per heavy atom. The van der Waals surface area contributed by atoms with E-state index in [2.05, 4.69) is 31.2 Å². The maximum atomic E-state index is 11.8. The highest BCUT2D eigenvalue weighted by Crippen LogP contribution is 2.18. The van der Waals surface area contributed by atoms with Gasteiger partial charge in [0.15, 0.2) is 0 Å². The lowest BCUT2D eigenvalue weighted by atomic mass is 10.1. The minimum absolute atomic E-state index is 0.314. The molecule has 0 N–H and O–H groups in total. The van der Waals surface area contributed by atoms with Gasteiger partial charge in [-0.25, -0.2) is 4.79 Å². The van der Waals surface area contributed by atoms with Crippen LogP contribution in [0.4, 0.5) is 0 Å². The van der Waals surface area contributed by atoms with E-state index in [0.29, 0.717) is 24.7 Å². The summed E-state index contributed by atoms with van der Waals surface area (Å²) >= 11 is 0. The van der Waals surface area contributed by atoms with Gasteiger partial charge in [0, 0.05) is 5.56 Å². The predicted molar refractivity (Wildman–Crippen MR) is 118 cm³/mol. The number of benzene rings is 2. The van der Waals surface area contributed by atoms with Gasteiger partial charge in [-0.3, -0.25) is 0 Å². The van der Waals surface area contributed by atoms with E-state index in [4.69, 9.17) is 14.2 Å². The van der Waals surface area contributed by atoms with Crippen LogP contribution >= 0.6 is 0 Å². The Labute approximate surface area is 178 Å². The third-order valence-corrected chi connectivity index (χ3v) is 4.86. The molecule has 1 aliphatic rings. The number of rotatable bonds is 9. The summed E-state index contributed by atoms with van der Waals surface area (Å²) in [5.41, 5.74) is 2.57. The predicted octanol–water partition coefficient (Wildman–Crippen LogP) is 5.65. The standard InChI is InChI=1S/C26H28O4/c1-20-7-5-10-23(15-12-20)29-18-6-8-21-13-16-24(17-14-21)30-19-22-9-3-4-11-25(22)26(27)28-2/h3-5,7,9-17,20H,6,8,18-19H2,1-2H3. The first-order valence-corrected chi connectivity index (χ1v) is 10.2. The van der Waals surface area contributed by atoms with Crippen LogP contribution in [-0.2, 0) is 22.5 Å². The molecule has 0 aliphatic heterocycles. The van der Waals surface area contributed by atoms with E-state index in [1.165, 1.54) is 12.7 Å². The van der Waals surface area contributed by atoms with Crippen molar-refractivity contribution >= 4 is 5.97 Å². The van der Waals surface area contributed by atoms with Crippen LogP contribution in [0.5, 0.6) is 5.75 Å². The van der Waals surface area contributed by atoms with Crippen molar-refractivity contribution in [1.82, 2.24) is 0 Å². The molecular weight excluding hydrogens is 376 g/mol. The van der Waals surface area contributed by atoms with Gasteiger partial charge in [0.25, 0.3) is 0 Å². The van der Waals surface area contributed by atoms with Crippen molar-refractivity contribution in [2.45, 2.75) is 26.4 Å². The molecule has 1 unspecified atom stereocenters. The third-order valence-electron chi connectivity index (χ3n) is 4.86. The lowest BCUT2D eigenvalue weighted by Crippen LogP contribution is -2.07. The molecule has 0 spiro atoms. The van der Waals surface area contributed by atoms with Gasteiger partial charge >= 0.3 is 5.97 Å². The highest BCUT2D eigenvalue weighted by atomic mass is 16.5. The zero-order chi connectivity index (χ0) is 21.2. The average Bonchev–Trinajstić information content (AvgIpc) is 2.99. The molecule has 0 saturated heterocycles. The molecule has 0 saturated carbocycles. The Morgan fingerprint density at radius 1 is 1.00 bits per heavy atom. The van der Waals surface area contributed by atoms with Gasteiger partial charge in [-0.05, 0) is 54.7 Å². The van der Waals surface area contributed by atoms with Crippen molar-refractivity contribution in [3.63, 3.8) is 0 Å². The summed E-state index contributed by atoms with van der Waals surface area (Å²) < 4.78 is 16.5. The molecule has 1 atom stereocenters. The Hall–Kier alpha value is -3.27. The molecule has 0 heterocycles. The number of carbonyl (C=O) groups excluding carboxylic acids is 1. The number of esters is 1.